The first-order valence-corrected chi connectivity index (χ1v) is 15.8. The smallest absolute Gasteiger partial charge is 0.0194 e. The lowest BCUT2D eigenvalue weighted by Crippen LogP contribution is -1.62. The summed E-state index contributed by atoms with van der Waals surface area (Å²) in [5.41, 5.74) is 2.64. The third kappa shape index (κ3) is 105. The molecule has 0 aliphatic rings. The average molecular weight is 550 g/mol. The van der Waals surface area contributed by atoms with Crippen LogP contribution < -0.4 is 0 Å². The highest BCUT2D eigenvalue weighted by molar-refractivity contribution is 5.12. The van der Waals surface area contributed by atoms with Gasteiger partial charge in [0.05, 0.1) is 0 Å². The molecule has 0 bridgehead atoms. The Kier molecular flexibility index (Phi) is 173. The van der Waals surface area contributed by atoms with E-state index in [0.29, 0.717) is 0 Å². The molecule has 236 valence electrons. The summed E-state index contributed by atoms with van der Waals surface area (Å²) < 4.78 is 5.75. The van der Waals surface area contributed by atoms with Crippen LogP contribution in [0.25, 0.3) is 0 Å². The van der Waals surface area contributed by atoms with Gasteiger partial charge >= 0.3 is 0 Å². The molecule has 0 fully saturated rings. The van der Waals surface area contributed by atoms with Crippen molar-refractivity contribution >= 4 is 0 Å². The van der Waals surface area contributed by atoms with Crippen molar-refractivity contribution in [3.8, 4) is 0 Å². The van der Waals surface area contributed by atoms with Gasteiger partial charge in [0.1, 0.15) is 0 Å². The fraction of sp³-hybridized carbons (Fsp3) is 0.538. The third-order valence-corrected chi connectivity index (χ3v) is 2.55. The highest BCUT2D eigenvalue weighted by atomic mass is 13.8. The predicted octanol–water partition coefficient (Wildman–Crippen LogP) is 15.5. The highest BCUT2D eigenvalue weighted by Crippen LogP contribution is 1.92. The molecule has 0 radical (unpaired) electrons. The molecule has 3 rings (SSSR count). The molecule has 0 heterocycles. The fourth-order valence-electron chi connectivity index (χ4n) is 1.45. The van der Waals surface area contributed by atoms with Crippen LogP contribution in [0.2, 0.25) is 0 Å². The minimum absolute atomic E-state index is 1.25. The lowest BCUT2D eigenvalue weighted by atomic mass is 10.2. The summed E-state index contributed by atoms with van der Waals surface area (Å²) in [4.78, 5) is 0. The summed E-state index contributed by atoms with van der Waals surface area (Å²) >= 11 is 0. The topological polar surface area (TPSA) is 0 Å². The summed E-state index contributed by atoms with van der Waals surface area (Å²) in [6, 6.07) is 32.5. The Labute approximate surface area is 255 Å². The maximum Gasteiger partial charge on any atom is 0.0194 e. The predicted molar refractivity (Wildman–Crippen MR) is 198 cm³/mol. The molecule has 3 aromatic rings. The Balaban J connectivity index is -0.0000000324. The van der Waals surface area contributed by atoms with Gasteiger partial charge < -0.3 is 0 Å². The highest BCUT2D eigenvalue weighted by Gasteiger charge is 1.72. The van der Waals surface area contributed by atoms with E-state index in [0.717, 1.165) is 0 Å². The molecule has 0 spiro atoms. The van der Waals surface area contributed by atoms with E-state index in [1.54, 1.807) is 0 Å². The Morgan fingerprint density at radius 1 is 0.282 bits per heavy atom. The van der Waals surface area contributed by atoms with Crippen LogP contribution in [-0.2, 0) is 0 Å². The Bertz CT molecular complexity index is 469. The van der Waals surface area contributed by atoms with Gasteiger partial charge in [0, 0.05) is 1.37 Å². The van der Waals surface area contributed by atoms with Crippen LogP contribution >= 0.6 is 0 Å². The van der Waals surface area contributed by atoms with Crippen LogP contribution in [0.1, 0.15) is 145 Å². The van der Waals surface area contributed by atoms with E-state index in [-0.39, 0.29) is 0 Å². The van der Waals surface area contributed by atoms with Gasteiger partial charge in [-0.25, -0.2) is 0 Å². The van der Waals surface area contributed by atoms with Crippen LogP contribution in [0.4, 0.5) is 0 Å². The summed E-state index contributed by atoms with van der Waals surface area (Å²) in [5.74, 6) is 0. The van der Waals surface area contributed by atoms with Crippen LogP contribution in [0.15, 0.2) is 97.1 Å². The van der Waals surface area contributed by atoms with Gasteiger partial charge in [-0.3, -0.25) is 0 Å². The van der Waals surface area contributed by atoms with Crippen molar-refractivity contribution in [3.05, 3.63) is 108 Å². The van der Waals surface area contributed by atoms with Gasteiger partial charge in [-0.15, -0.1) is 0 Å². The molecule has 0 N–H and O–H groups in total. The van der Waals surface area contributed by atoms with E-state index < -0.39 is 0 Å². The first-order chi connectivity index (χ1) is 19.8. The molecule has 0 nitrogen and oxygen atoms in total. The lowest BCUT2D eigenvalue weighted by Gasteiger charge is -1.82. The van der Waals surface area contributed by atoms with Gasteiger partial charge in [-0.2, -0.15) is 0 Å². The van der Waals surface area contributed by atoms with Crippen LogP contribution in [-0.4, -0.2) is 0 Å². The molecule has 0 aromatic heterocycles. The second-order valence-electron chi connectivity index (χ2n) is 4.46. The van der Waals surface area contributed by atoms with Crippen molar-refractivity contribution in [2.45, 2.75) is 146 Å². The van der Waals surface area contributed by atoms with E-state index in [2.05, 4.69) is 38.1 Å². The molecule has 0 heteroatoms. The van der Waals surface area contributed by atoms with Gasteiger partial charge in [-0.05, 0) is 13.8 Å². The summed E-state index contributed by atoms with van der Waals surface area (Å²) in [5, 5.41) is 0. The molecule has 0 saturated carbocycles. The Hall–Kier alpha value is -2.34. The third-order valence-electron chi connectivity index (χ3n) is 2.55. The average Bonchev–Trinajstić information content (AvgIpc) is 3.12. The van der Waals surface area contributed by atoms with Gasteiger partial charge in [0.25, 0.3) is 0 Å². The first kappa shape index (κ1) is 60.9. The van der Waals surface area contributed by atoms with E-state index in [9.17, 15) is 0 Å². The molecule has 39 heavy (non-hydrogen) atoms. The number of aryl methyl sites for hydroxylation is 2. The van der Waals surface area contributed by atoms with Gasteiger partial charge in [-0.1, -0.05) is 240 Å². The van der Waals surface area contributed by atoms with Crippen LogP contribution in [0.5, 0.6) is 0 Å². The van der Waals surface area contributed by atoms with Gasteiger partial charge in [0.15, 0.2) is 0 Å². The quantitative estimate of drug-likeness (QED) is 0.261. The summed E-state index contributed by atoms with van der Waals surface area (Å²) in [6.07, 6.45) is 0. The molecular formula is C39H80. The van der Waals surface area contributed by atoms with Crippen LogP contribution in [0.3, 0.4) is 0 Å². The fourth-order valence-corrected chi connectivity index (χ4v) is 1.45. The van der Waals surface area contributed by atoms with Crippen molar-refractivity contribution < 1.29 is 1.37 Å². The zero-order valence-electron chi connectivity index (χ0n) is 32.2. The van der Waals surface area contributed by atoms with Crippen molar-refractivity contribution in [2.75, 3.05) is 0 Å². The van der Waals surface area contributed by atoms with E-state index in [1.807, 2.05) is 197 Å². The van der Waals surface area contributed by atoms with Crippen molar-refractivity contribution in [2.24, 2.45) is 0 Å². The van der Waals surface area contributed by atoms with E-state index >= 15 is 0 Å². The van der Waals surface area contributed by atoms with E-state index in [4.69, 9.17) is 1.37 Å². The SMILES string of the molecule is CC.CC.CC.CC.CC.CC.CC.CC.CC.Cc1ccccc1.Cc1ccccc1.[2H]C.c1ccccc1. The lowest BCUT2D eigenvalue weighted by molar-refractivity contribution is 1.48. The van der Waals surface area contributed by atoms with Crippen molar-refractivity contribution in [1.29, 1.82) is 0 Å². The molecule has 0 amide bonds. The standard InChI is InChI=1S/2C7H8.C6H6.9C2H6.CH4/c2*1-7-5-3-2-4-6-7;1-2-4-6-5-3-1;9*1-2;/h2*2-6H,1H3;1-6H;9*1-2H3;1H4/i;;;;;;;;;;;;1D. The minimum atomic E-state index is 1.25. The summed E-state index contributed by atoms with van der Waals surface area (Å²) in [6.45, 7) is 40.2. The van der Waals surface area contributed by atoms with Gasteiger partial charge in [0.2, 0.25) is 0 Å². The number of rotatable bonds is 0. The zero-order chi connectivity index (χ0) is 34.5. The largest absolute Gasteiger partial charge is 0.0776 e. The molecule has 0 unspecified atom stereocenters. The van der Waals surface area contributed by atoms with Crippen molar-refractivity contribution in [3.63, 3.8) is 0 Å². The molecule has 0 atom stereocenters. The molecule has 0 saturated heterocycles. The second-order valence-corrected chi connectivity index (χ2v) is 4.46. The van der Waals surface area contributed by atoms with E-state index in [1.165, 1.54) is 18.5 Å². The normalized spacial score (nSPS) is 5.92. The Morgan fingerprint density at radius 2 is 0.385 bits per heavy atom. The first-order valence-electron chi connectivity index (χ1n) is 16.8. The second kappa shape index (κ2) is 111. The monoisotopic (exact) mass is 550 g/mol. The number of hydrogen-bond donors (Lipinski definition) is 0. The van der Waals surface area contributed by atoms with Crippen LogP contribution in [0, 0.1) is 13.8 Å². The molecule has 3 aromatic carbocycles. The summed E-state index contributed by atoms with van der Waals surface area (Å²) in [7, 11) is 1.25. The molecule has 0 aliphatic carbocycles. The molecular weight excluding hydrogens is 468 g/mol. The maximum absolute atomic E-state index is 5.75. The number of hydrogen-bond acceptors (Lipinski definition) is 0. The molecule has 0 aliphatic heterocycles. The number of benzene rings is 3. The Morgan fingerprint density at radius 3 is 0.462 bits per heavy atom. The van der Waals surface area contributed by atoms with Crippen molar-refractivity contribution in [1.82, 2.24) is 0 Å². The zero-order valence-corrected chi connectivity index (χ0v) is 31.2. The minimum Gasteiger partial charge on any atom is -0.0776 e. The maximum atomic E-state index is 5.75.